The van der Waals surface area contributed by atoms with E-state index in [4.69, 9.17) is 19.3 Å². The molecule has 0 aromatic heterocycles. The Morgan fingerprint density at radius 3 is 2.17 bits per heavy atom. The van der Waals surface area contributed by atoms with Crippen LogP contribution in [-0.4, -0.2) is 36.1 Å². The van der Waals surface area contributed by atoms with Crippen LogP contribution in [0.5, 0.6) is 0 Å². The topological polar surface area (TPSA) is 99.1 Å². The molecule has 1 unspecified atom stereocenters. The molecule has 1 saturated carbocycles. The van der Waals surface area contributed by atoms with Gasteiger partial charge < -0.3 is 19.3 Å². The lowest BCUT2D eigenvalue weighted by molar-refractivity contribution is -0.169. The summed E-state index contributed by atoms with van der Waals surface area (Å²) >= 11 is 0. The molecule has 0 amide bonds. The molecule has 0 radical (unpaired) electrons. The predicted octanol–water partition coefficient (Wildman–Crippen LogP) is 2.97. The lowest BCUT2D eigenvalue weighted by Crippen LogP contribution is -2.26. The van der Waals surface area contributed by atoms with Crippen molar-refractivity contribution in [1.82, 2.24) is 0 Å². The number of carbonyl (C=O) groups is 3. The fourth-order valence-electron chi connectivity index (χ4n) is 2.52. The van der Waals surface area contributed by atoms with Gasteiger partial charge in [-0.25, -0.2) is 4.79 Å². The molecular weight excluding hydrogens is 304 g/mol. The molecule has 0 aliphatic heterocycles. The molecular formula is C16H26O7. The van der Waals surface area contributed by atoms with E-state index in [-0.39, 0.29) is 30.8 Å². The third-order valence-electron chi connectivity index (χ3n) is 3.77. The molecule has 23 heavy (non-hydrogen) atoms. The first-order valence-corrected chi connectivity index (χ1v) is 8.03. The van der Waals surface area contributed by atoms with Gasteiger partial charge in [0.05, 0.1) is 12.5 Å². The van der Waals surface area contributed by atoms with Gasteiger partial charge in [-0.1, -0.05) is 13.8 Å². The quantitative estimate of drug-likeness (QED) is 0.566. The van der Waals surface area contributed by atoms with E-state index in [1.165, 1.54) is 6.92 Å². The number of carboxylic acids is 1. The Morgan fingerprint density at radius 2 is 1.65 bits per heavy atom. The largest absolute Gasteiger partial charge is 0.511 e. The van der Waals surface area contributed by atoms with E-state index in [2.05, 4.69) is 0 Å². The molecule has 0 spiro atoms. The highest BCUT2D eigenvalue weighted by Gasteiger charge is 2.27. The summed E-state index contributed by atoms with van der Waals surface area (Å²) in [6, 6.07) is 0. The smallest absolute Gasteiger partial charge is 0.481 e. The molecule has 1 N–H and O–H groups in total. The molecule has 7 nitrogen and oxygen atoms in total. The highest BCUT2D eigenvalue weighted by Crippen LogP contribution is 2.29. The lowest BCUT2D eigenvalue weighted by atomic mass is 9.82. The van der Waals surface area contributed by atoms with Gasteiger partial charge >= 0.3 is 18.1 Å². The van der Waals surface area contributed by atoms with Gasteiger partial charge in [-0.05, 0) is 37.5 Å². The summed E-state index contributed by atoms with van der Waals surface area (Å²) in [6.07, 6.45) is 1.01. The summed E-state index contributed by atoms with van der Waals surface area (Å²) in [7, 11) is 0. The Bertz CT molecular complexity index is 411. The van der Waals surface area contributed by atoms with Gasteiger partial charge in [-0.2, -0.15) is 0 Å². The maximum absolute atomic E-state index is 11.5. The second-order valence-electron chi connectivity index (χ2n) is 6.39. The van der Waals surface area contributed by atoms with Crippen LogP contribution in [-0.2, 0) is 23.8 Å². The summed E-state index contributed by atoms with van der Waals surface area (Å²) in [6.45, 7) is 5.43. The highest BCUT2D eigenvalue weighted by atomic mass is 16.8. The monoisotopic (exact) mass is 330 g/mol. The van der Waals surface area contributed by atoms with Crippen LogP contribution in [0.4, 0.5) is 4.79 Å². The van der Waals surface area contributed by atoms with E-state index in [1.807, 2.05) is 13.8 Å². The Kier molecular flexibility index (Phi) is 7.85. The van der Waals surface area contributed by atoms with Crippen LogP contribution in [0.25, 0.3) is 0 Å². The van der Waals surface area contributed by atoms with Crippen LogP contribution < -0.4 is 0 Å². The molecule has 1 aliphatic rings. The van der Waals surface area contributed by atoms with Crippen molar-refractivity contribution in [2.45, 2.75) is 59.2 Å². The number of esters is 1. The molecule has 1 atom stereocenters. The van der Waals surface area contributed by atoms with Crippen molar-refractivity contribution >= 4 is 18.1 Å². The summed E-state index contributed by atoms with van der Waals surface area (Å²) in [5.74, 6) is -1.16. The SMILES string of the molecule is CC(C)CC(=O)OC(C)OC(=O)OCC1CCC(C(=O)O)CC1. The zero-order valence-corrected chi connectivity index (χ0v) is 13.9. The van der Waals surface area contributed by atoms with E-state index in [9.17, 15) is 14.4 Å². The number of aliphatic carboxylic acids is 1. The number of hydrogen-bond acceptors (Lipinski definition) is 6. The normalized spacial score (nSPS) is 22.3. The maximum Gasteiger partial charge on any atom is 0.511 e. The zero-order chi connectivity index (χ0) is 17.4. The zero-order valence-electron chi connectivity index (χ0n) is 13.9. The standard InChI is InChI=1S/C16H26O7/c1-10(2)8-14(17)22-11(3)23-16(20)21-9-12-4-6-13(7-5-12)15(18)19/h10-13H,4-9H2,1-3H3,(H,18,19). The third kappa shape index (κ3) is 7.85. The van der Waals surface area contributed by atoms with Crippen LogP contribution in [0, 0.1) is 17.8 Å². The number of rotatable bonds is 7. The summed E-state index contributed by atoms with van der Waals surface area (Å²) < 4.78 is 14.8. The van der Waals surface area contributed by atoms with Gasteiger partial charge in [0.15, 0.2) is 0 Å². The maximum atomic E-state index is 11.5. The number of ether oxygens (including phenoxy) is 3. The van der Waals surface area contributed by atoms with Crippen LogP contribution in [0.3, 0.4) is 0 Å². The molecule has 1 fully saturated rings. The summed E-state index contributed by atoms with van der Waals surface area (Å²) in [5, 5.41) is 8.92. The molecule has 1 rings (SSSR count). The van der Waals surface area contributed by atoms with Crippen molar-refractivity contribution in [3.05, 3.63) is 0 Å². The van der Waals surface area contributed by atoms with Crippen LogP contribution in [0.15, 0.2) is 0 Å². The number of hydrogen-bond donors (Lipinski definition) is 1. The second-order valence-corrected chi connectivity index (χ2v) is 6.39. The minimum absolute atomic E-state index is 0.150. The average Bonchev–Trinajstić information content (AvgIpc) is 2.44. The molecule has 7 heteroatoms. The predicted molar refractivity (Wildman–Crippen MR) is 80.5 cm³/mol. The fraction of sp³-hybridized carbons (Fsp3) is 0.812. The Balaban J connectivity index is 2.19. The lowest BCUT2D eigenvalue weighted by Gasteiger charge is -2.25. The summed E-state index contributed by atoms with van der Waals surface area (Å²) in [5.41, 5.74) is 0. The van der Waals surface area contributed by atoms with E-state index < -0.39 is 24.4 Å². The number of carboxylic acid groups (broad SMARTS) is 1. The molecule has 0 bridgehead atoms. The van der Waals surface area contributed by atoms with Gasteiger partial charge in [0.2, 0.25) is 6.29 Å². The third-order valence-corrected chi connectivity index (χ3v) is 3.77. The van der Waals surface area contributed by atoms with Crippen molar-refractivity contribution in [3.63, 3.8) is 0 Å². The van der Waals surface area contributed by atoms with Crippen molar-refractivity contribution in [1.29, 1.82) is 0 Å². The van der Waals surface area contributed by atoms with E-state index in [1.54, 1.807) is 0 Å². The van der Waals surface area contributed by atoms with Crippen molar-refractivity contribution in [2.75, 3.05) is 6.61 Å². The van der Waals surface area contributed by atoms with E-state index in [0.29, 0.717) is 25.7 Å². The van der Waals surface area contributed by atoms with Gasteiger partial charge in [0.1, 0.15) is 0 Å². The Hall–Kier alpha value is -1.79. The molecule has 0 aromatic carbocycles. The summed E-state index contributed by atoms with van der Waals surface area (Å²) in [4.78, 5) is 33.8. The molecule has 0 aromatic rings. The van der Waals surface area contributed by atoms with Crippen molar-refractivity contribution < 1.29 is 33.7 Å². The molecule has 1 aliphatic carbocycles. The fourth-order valence-corrected chi connectivity index (χ4v) is 2.52. The molecule has 132 valence electrons. The molecule has 0 saturated heterocycles. The first kappa shape index (κ1) is 19.3. The second kappa shape index (κ2) is 9.37. The minimum Gasteiger partial charge on any atom is -0.481 e. The van der Waals surface area contributed by atoms with Crippen molar-refractivity contribution in [2.24, 2.45) is 17.8 Å². The first-order chi connectivity index (χ1) is 10.8. The van der Waals surface area contributed by atoms with Crippen LogP contribution >= 0.6 is 0 Å². The Morgan fingerprint density at radius 1 is 1.04 bits per heavy atom. The van der Waals surface area contributed by atoms with Gasteiger partial charge in [-0.3, -0.25) is 9.59 Å². The average molecular weight is 330 g/mol. The highest BCUT2D eigenvalue weighted by molar-refractivity contribution is 5.70. The van der Waals surface area contributed by atoms with Crippen LogP contribution in [0.1, 0.15) is 52.9 Å². The van der Waals surface area contributed by atoms with E-state index >= 15 is 0 Å². The van der Waals surface area contributed by atoms with Gasteiger partial charge in [-0.15, -0.1) is 0 Å². The van der Waals surface area contributed by atoms with Crippen LogP contribution in [0.2, 0.25) is 0 Å². The number of carbonyl (C=O) groups excluding carboxylic acids is 2. The first-order valence-electron chi connectivity index (χ1n) is 8.03. The van der Waals surface area contributed by atoms with Gasteiger partial charge in [0, 0.05) is 13.3 Å². The van der Waals surface area contributed by atoms with E-state index in [0.717, 1.165) is 0 Å². The Labute approximate surface area is 136 Å². The van der Waals surface area contributed by atoms with Gasteiger partial charge in [0.25, 0.3) is 0 Å². The minimum atomic E-state index is -0.989. The molecule has 0 heterocycles. The van der Waals surface area contributed by atoms with Crippen molar-refractivity contribution in [3.8, 4) is 0 Å².